The molecule has 27 heavy (non-hydrogen) atoms. The molecule has 4 rings (SSSR count). The monoisotopic (exact) mass is 363 g/mol. The Balaban J connectivity index is 1.59. The molecule has 0 aliphatic carbocycles. The molecule has 0 radical (unpaired) electrons. The molecule has 0 bridgehead atoms. The number of piperidine rings is 1. The van der Waals surface area contributed by atoms with E-state index in [0.717, 1.165) is 43.5 Å². The SMILES string of the molecule is CCc1nc(N2CCC(C(O)(c3ccccc3)c3ccccc3)CC2)no1. The van der Waals surface area contributed by atoms with Crippen LogP contribution in [0.2, 0.25) is 0 Å². The first-order chi connectivity index (χ1) is 13.2. The van der Waals surface area contributed by atoms with E-state index in [1.807, 2.05) is 67.6 Å². The summed E-state index contributed by atoms with van der Waals surface area (Å²) in [5, 5.41) is 16.0. The first kappa shape index (κ1) is 17.7. The molecule has 140 valence electrons. The summed E-state index contributed by atoms with van der Waals surface area (Å²) >= 11 is 0. The van der Waals surface area contributed by atoms with Gasteiger partial charge in [-0.2, -0.15) is 4.98 Å². The molecule has 0 amide bonds. The van der Waals surface area contributed by atoms with Crippen LogP contribution in [0.25, 0.3) is 0 Å². The van der Waals surface area contributed by atoms with Crippen molar-refractivity contribution >= 4 is 5.95 Å². The summed E-state index contributed by atoms with van der Waals surface area (Å²) < 4.78 is 5.25. The number of anilines is 1. The lowest BCUT2D eigenvalue weighted by Crippen LogP contribution is -2.44. The van der Waals surface area contributed by atoms with E-state index in [0.29, 0.717) is 11.8 Å². The molecular weight excluding hydrogens is 338 g/mol. The Kier molecular flexibility index (Phi) is 4.94. The van der Waals surface area contributed by atoms with Gasteiger partial charge in [-0.25, -0.2) is 0 Å². The van der Waals surface area contributed by atoms with Crippen molar-refractivity contribution in [2.45, 2.75) is 31.8 Å². The lowest BCUT2D eigenvalue weighted by Gasteiger charge is -2.42. The maximum Gasteiger partial charge on any atom is 0.266 e. The van der Waals surface area contributed by atoms with Crippen LogP contribution in [-0.2, 0) is 12.0 Å². The molecule has 5 nitrogen and oxygen atoms in total. The molecular formula is C22H25N3O2. The van der Waals surface area contributed by atoms with Gasteiger partial charge in [-0.05, 0) is 35.0 Å². The molecule has 0 unspecified atom stereocenters. The molecule has 1 N–H and O–H groups in total. The fourth-order valence-corrected chi connectivity index (χ4v) is 4.04. The summed E-state index contributed by atoms with van der Waals surface area (Å²) in [6.45, 7) is 3.61. The fourth-order valence-electron chi connectivity index (χ4n) is 4.04. The summed E-state index contributed by atoms with van der Waals surface area (Å²) in [5.41, 5.74) is 0.894. The lowest BCUT2D eigenvalue weighted by atomic mass is 9.72. The number of benzene rings is 2. The Morgan fingerprint density at radius 2 is 1.56 bits per heavy atom. The second kappa shape index (κ2) is 7.53. The van der Waals surface area contributed by atoms with Gasteiger partial charge in [0.25, 0.3) is 5.95 Å². The number of nitrogens with zero attached hydrogens (tertiary/aromatic N) is 3. The van der Waals surface area contributed by atoms with Gasteiger partial charge in [-0.1, -0.05) is 67.6 Å². The average molecular weight is 363 g/mol. The van der Waals surface area contributed by atoms with E-state index in [9.17, 15) is 5.11 Å². The van der Waals surface area contributed by atoms with Crippen molar-refractivity contribution in [2.24, 2.45) is 5.92 Å². The number of aromatic nitrogens is 2. The second-order valence-electron chi connectivity index (χ2n) is 7.10. The maximum atomic E-state index is 11.9. The molecule has 2 heterocycles. The fraction of sp³-hybridized carbons (Fsp3) is 0.364. The number of rotatable bonds is 5. The molecule has 1 aliphatic rings. The van der Waals surface area contributed by atoms with Crippen LogP contribution >= 0.6 is 0 Å². The van der Waals surface area contributed by atoms with Gasteiger partial charge in [0.15, 0.2) is 0 Å². The van der Waals surface area contributed by atoms with Crippen molar-refractivity contribution in [3.63, 3.8) is 0 Å². The van der Waals surface area contributed by atoms with E-state index in [1.165, 1.54) is 0 Å². The van der Waals surface area contributed by atoms with Crippen LogP contribution in [0.5, 0.6) is 0 Å². The summed E-state index contributed by atoms with van der Waals surface area (Å²) in [4.78, 5) is 6.59. The van der Waals surface area contributed by atoms with Gasteiger partial charge in [0, 0.05) is 19.5 Å². The number of aliphatic hydroxyl groups is 1. The van der Waals surface area contributed by atoms with Crippen molar-refractivity contribution in [1.29, 1.82) is 0 Å². The van der Waals surface area contributed by atoms with E-state index < -0.39 is 5.60 Å². The number of hydrogen-bond donors (Lipinski definition) is 1. The van der Waals surface area contributed by atoms with Crippen molar-refractivity contribution in [2.75, 3.05) is 18.0 Å². The quantitative estimate of drug-likeness (QED) is 0.747. The van der Waals surface area contributed by atoms with Crippen molar-refractivity contribution in [1.82, 2.24) is 10.1 Å². The average Bonchev–Trinajstić information content (AvgIpc) is 3.24. The summed E-state index contributed by atoms with van der Waals surface area (Å²) in [6, 6.07) is 20.0. The van der Waals surface area contributed by atoms with Crippen LogP contribution in [0.4, 0.5) is 5.95 Å². The topological polar surface area (TPSA) is 62.4 Å². The zero-order chi connectivity index (χ0) is 18.7. The minimum atomic E-state index is -1.000. The highest BCUT2D eigenvalue weighted by Crippen LogP contribution is 2.42. The van der Waals surface area contributed by atoms with Gasteiger partial charge in [-0.15, -0.1) is 0 Å². The lowest BCUT2D eigenvalue weighted by molar-refractivity contribution is 0.00492. The predicted molar refractivity (Wildman–Crippen MR) is 104 cm³/mol. The molecule has 1 saturated heterocycles. The third-order valence-corrected chi connectivity index (χ3v) is 5.56. The minimum absolute atomic E-state index is 0.121. The predicted octanol–water partition coefficient (Wildman–Crippen LogP) is 3.78. The van der Waals surface area contributed by atoms with Gasteiger partial charge in [-0.3, -0.25) is 0 Å². The summed E-state index contributed by atoms with van der Waals surface area (Å²) in [5.74, 6) is 1.45. The number of hydrogen-bond acceptors (Lipinski definition) is 5. The Bertz CT molecular complexity index is 816. The normalized spacial score (nSPS) is 15.9. The molecule has 2 aromatic carbocycles. The smallest absolute Gasteiger partial charge is 0.266 e. The third-order valence-electron chi connectivity index (χ3n) is 5.56. The van der Waals surface area contributed by atoms with Crippen LogP contribution < -0.4 is 4.90 Å². The molecule has 0 saturated carbocycles. The standard InChI is InChI=1S/C22H25N3O2/c1-2-20-23-21(24-27-20)25-15-13-19(14-16-25)22(26,17-9-5-3-6-10-17)18-11-7-4-8-12-18/h3-12,19,26H,2,13-16H2,1H3. The van der Waals surface area contributed by atoms with Crippen LogP contribution in [0.3, 0.4) is 0 Å². The molecule has 3 aromatic rings. The van der Waals surface area contributed by atoms with Crippen LogP contribution in [-0.4, -0.2) is 28.3 Å². The Morgan fingerprint density at radius 3 is 2.04 bits per heavy atom. The Hall–Kier alpha value is -2.66. The van der Waals surface area contributed by atoms with Gasteiger partial charge in [0.2, 0.25) is 5.89 Å². The molecule has 5 heteroatoms. The van der Waals surface area contributed by atoms with Gasteiger partial charge >= 0.3 is 0 Å². The van der Waals surface area contributed by atoms with Crippen LogP contribution in [0.1, 0.15) is 36.8 Å². The van der Waals surface area contributed by atoms with E-state index >= 15 is 0 Å². The minimum Gasteiger partial charge on any atom is -0.380 e. The highest BCUT2D eigenvalue weighted by atomic mass is 16.5. The molecule has 0 spiro atoms. The van der Waals surface area contributed by atoms with E-state index in [1.54, 1.807) is 0 Å². The van der Waals surface area contributed by atoms with Gasteiger partial charge < -0.3 is 14.5 Å². The van der Waals surface area contributed by atoms with Crippen LogP contribution in [0.15, 0.2) is 65.2 Å². The third kappa shape index (κ3) is 3.35. The van der Waals surface area contributed by atoms with Crippen molar-refractivity contribution < 1.29 is 9.63 Å². The second-order valence-corrected chi connectivity index (χ2v) is 7.10. The first-order valence-corrected chi connectivity index (χ1v) is 9.62. The molecule has 1 aliphatic heterocycles. The van der Waals surface area contributed by atoms with Crippen LogP contribution in [0, 0.1) is 5.92 Å². The van der Waals surface area contributed by atoms with Crippen molar-refractivity contribution in [3.8, 4) is 0 Å². The van der Waals surface area contributed by atoms with E-state index in [2.05, 4.69) is 15.0 Å². The highest BCUT2D eigenvalue weighted by Gasteiger charge is 2.41. The van der Waals surface area contributed by atoms with E-state index in [-0.39, 0.29) is 5.92 Å². The number of aryl methyl sites for hydroxylation is 1. The van der Waals surface area contributed by atoms with Gasteiger partial charge in [0.1, 0.15) is 5.60 Å². The maximum absolute atomic E-state index is 11.9. The largest absolute Gasteiger partial charge is 0.380 e. The zero-order valence-electron chi connectivity index (χ0n) is 15.6. The Morgan fingerprint density at radius 1 is 1.00 bits per heavy atom. The summed E-state index contributed by atoms with van der Waals surface area (Å²) in [6.07, 6.45) is 2.46. The molecule has 1 fully saturated rings. The summed E-state index contributed by atoms with van der Waals surface area (Å²) in [7, 11) is 0. The molecule has 1 aromatic heterocycles. The first-order valence-electron chi connectivity index (χ1n) is 9.62. The van der Waals surface area contributed by atoms with Gasteiger partial charge in [0.05, 0.1) is 0 Å². The van der Waals surface area contributed by atoms with Crippen molar-refractivity contribution in [3.05, 3.63) is 77.7 Å². The zero-order valence-corrected chi connectivity index (χ0v) is 15.6. The van der Waals surface area contributed by atoms with E-state index in [4.69, 9.17) is 4.52 Å². The highest BCUT2D eigenvalue weighted by molar-refractivity contribution is 5.38. The molecule has 0 atom stereocenters. The Labute approximate surface area is 159 Å².